The lowest BCUT2D eigenvalue weighted by molar-refractivity contribution is -0.120. The van der Waals surface area contributed by atoms with Crippen molar-refractivity contribution in [1.29, 1.82) is 0 Å². The zero-order valence-corrected chi connectivity index (χ0v) is 17.3. The smallest absolute Gasteiger partial charge is 0.220 e. The SMILES string of the molecule is O=C(CCCSc1ccc(Cl)cc1)NCCSCc1c(F)cccc1Cl. The third kappa shape index (κ3) is 7.78. The van der Waals surface area contributed by atoms with Gasteiger partial charge in [-0.3, -0.25) is 4.79 Å². The van der Waals surface area contributed by atoms with Crippen LogP contribution in [0.3, 0.4) is 0 Å². The highest BCUT2D eigenvalue weighted by Crippen LogP contribution is 2.24. The molecule has 2 aromatic carbocycles. The Balaban J connectivity index is 1.53. The third-order valence-corrected chi connectivity index (χ3v) is 6.20. The van der Waals surface area contributed by atoms with E-state index in [1.807, 2.05) is 24.3 Å². The number of amides is 1. The highest BCUT2D eigenvalue weighted by atomic mass is 35.5. The minimum absolute atomic E-state index is 0.0474. The molecule has 0 aliphatic carbocycles. The first-order chi connectivity index (χ1) is 12.6. The van der Waals surface area contributed by atoms with E-state index in [1.165, 1.54) is 6.07 Å². The van der Waals surface area contributed by atoms with E-state index in [0.717, 1.165) is 27.8 Å². The molecule has 0 bridgehead atoms. The maximum atomic E-state index is 13.6. The molecule has 0 spiro atoms. The minimum Gasteiger partial charge on any atom is -0.355 e. The van der Waals surface area contributed by atoms with Crippen LogP contribution in [0.4, 0.5) is 4.39 Å². The summed E-state index contributed by atoms with van der Waals surface area (Å²) >= 11 is 15.1. The number of hydrogen-bond donors (Lipinski definition) is 1. The summed E-state index contributed by atoms with van der Waals surface area (Å²) in [5.74, 6) is 1.86. The molecule has 140 valence electrons. The van der Waals surface area contributed by atoms with Crippen LogP contribution < -0.4 is 5.32 Å². The third-order valence-electron chi connectivity index (χ3n) is 3.51. The van der Waals surface area contributed by atoms with Crippen molar-refractivity contribution < 1.29 is 9.18 Å². The second-order valence-corrected chi connectivity index (χ2v) is 8.63. The fourth-order valence-corrected chi connectivity index (χ4v) is 4.33. The van der Waals surface area contributed by atoms with Crippen molar-refractivity contribution in [2.75, 3.05) is 18.1 Å². The Kier molecular flexibility index (Phi) is 9.68. The summed E-state index contributed by atoms with van der Waals surface area (Å²) in [5.41, 5.74) is 0.518. The number of nitrogens with one attached hydrogen (secondary N) is 1. The highest BCUT2D eigenvalue weighted by molar-refractivity contribution is 7.99. The molecule has 0 aliphatic rings. The van der Waals surface area contributed by atoms with E-state index >= 15 is 0 Å². The van der Waals surface area contributed by atoms with Gasteiger partial charge in [0.2, 0.25) is 5.91 Å². The Morgan fingerprint density at radius 3 is 2.58 bits per heavy atom. The molecule has 0 saturated carbocycles. The van der Waals surface area contributed by atoms with Gasteiger partial charge >= 0.3 is 0 Å². The number of thioether (sulfide) groups is 2. The average molecular weight is 432 g/mol. The number of halogens is 3. The van der Waals surface area contributed by atoms with Crippen molar-refractivity contribution in [2.24, 2.45) is 0 Å². The fraction of sp³-hybridized carbons (Fsp3) is 0.316. The lowest BCUT2D eigenvalue weighted by Gasteiger charge is -2.07. The van der Waals surface area contributed by atoms with E-state index < -0.39 is 0 Å². The summed E-state index contributed by atoms with van der Waals surface area (Å²) in [4.78, 5) is 13.0. The number of carbonyl (C=O) groups is 1. The summed E-state index contributed by atoms with van der Waals surface area (Å²) in [7, 11) is 0. The van der Waals surface area contributed by atoms with Crippen molar-refractivity contribution >= 4 is 52.6 Å². The summed E-state index contributed by atoms with van der Waals surface area (Å²) in [6.45, 7) is 0.569. The van der Waals surface area contributed by atoms with Gasteiger partial charge in [0.25, 0.3) is 0 Å². The van der Waals surface area contributed by atoms with Crippen molar-refractivity contribution in [3.8, 4) is 0 Å². The van der Waals surface area contributed by atoms with Gasteiger partial charge < -0.3 is 5.32 Å². The lowest BCUT2D eigenvalue weighted by atomic mass is 10.2. The van der Waals surface area contributed by atoms with Crippen LogP contribution in [0.15, 0.2) is 47.4 Å². The fourth-order valence-electron chi connectivity index (χ4n) is 2.15. The lowest BCUT2D eigenvalue weighted by Crippen LogP contribution is -2.25. The highest BCUT2D eigenvalue weighted by Gasteiger charge is 2.07. The largest absolute Gasteiger partial charge is 0.355 e. The average Bonchev–Trinajstić information content (AvgIpc) is 2.62. The first-order valence-electron chi connectivity index (χ1n) is 8.22. The Hall–Kier alpha value is -0.880. The molecule has 1 N–H and O–H groups in total. The van der Waals surface area contributed by atoms with Crippen molar-refractivity contribution in [3.63, 3.8) is 0 Å². The van der Waals surface area contributed by atoms with E-state index in [9.17, 15) is 9.18 Å². The Bertz CT molecular complexity index is 693. The van der Waals surface area contributed by atoms with Crippen molar-refractivity contribution in [2.45, 2.75) is 23.5 Å². The molecule has 26 heavy (non-hydrogen) atoms. The van der Waals surface area contributed by atoms with Gasteiger partial charge in [-0.1, -0.05) is 29.3 Å². The molecule has 7 heteroatoms. The molecule has 0 saturated heterocycles. The molecular weight excluding hydrogens is 412 g/mol. The van der Waals surface area contributed by atoms with Crippen molar-refractivity contribution in [1.82, 2.24) is 5.32 Å². The Morgan fingerprint density at radius 1 is 1.08 bits per heavy atom. The molecule has 0 aliphatic heterocycles. The molecule has 0 unspecified atom stereocenters. The zero-order valence-electron chi connectivity index (χ0n) is 14.1. The molecule has 0 fully saturated rings. The van der Waals surface area contributed by atoms with Crippen LogP contribution in [0, 0.1) is 5.82 Å². The van der Waals surface area contributed by atoms with Gasteiger partial charge in [0.1, 0.15) is 5.82 Å². The number of hydrogen-bond acceptors (Lipinski definition) is 3. The Morgan fingerprint density at radius 2 is 1.85 bits per heavy atom. The predicted molar refractivity (Wildman–Crippen MR) is 112 cm³/mol. The summed E-state index contributed by atoms with van der Waals surface area (Å²) < 4.78 is 13.6. The van der Waals surface area contributed by atoms with Crippen LogP contribution in [0.2, 0.25) is 10.0 Å². The number of benzene rings is 2. The minimum atomic E-state index is -0.285. The van der Waals surface area contributed by atoms with E-state index in [1.54, 1.807) is 35.7 Å². The molecule has 2 rings (SSSR count). The molecular formula is C19H20Cl2FNOS2. The van der Waals surface area contributed by atoms with Gasteiger partial charge in [-0.25, -0.2) is 4.39 Å². The van der Waals surface area contributed by atoms with Gasteiger partial charge in [0, 0.05) is 45.0 Å². The van der Waals surface area contributed by atoms with Gasteiger partial charge in [-0.05, 0) is 48.6 Å². The van der Waals surface area contributed by atoms with E-state index in [0.29, 0.717) is 29.3 Å². The van der Waals surface area contributed by atoms with Crippen molar-refractivity contribution in [3.05, 3.63) is 63.9 Å². The normalized spacial score (nSPS) is 10.7. The predicted octanol–water partition coefficient (Wildman–Crippen LogP) is 6.05. The Labute approximate surface area is 172 Å². The molecule has 0 radical (unpaired) electrons. The molecule has 0 atom stereocenters. The van der Waals surface area contributed by atoms with Crippen LogP contribution in [0.5, 0.6) is 0 Å². The summed E-state index contributed by atoms with van der Waals surface area (Å²) in [6.07, 6.45) is 1.32. The number of rotatable bonds is 10. The van der Waals surface area contributed by atoms with Crippen LogP contribution >= 0.6 is 46.7 Å². The van der Waals surface area contributed by atoms with Crippen LogP contribution in [0.25, 0.3) is 0 Å². The van der Waals surface area contributed by atoms with Crippen LogP contribution in [0.1, 0.15) is 18.4 Å². The second-order valence-electron chi connectivity index (χ2n) is 5.51. The maximum Gasteiger partial charge on any atom is 0.220 e. The summed E-state index contributed by atoms with van der Waals surface area (Å²) in [5, 5.41) is 4.06. The first kappa shape index (κ1) is 21.4. The molecule has 0 heterocycles. The summed E-state index contributed by atoms with van der Waals surface area (Å²) in [6, 6.07) is 12.4. The second kappa shape index (κ2) is 11.8. The van der Waals surface area contributed by atoms with E-state index in [4.69, 9.17) is 23.2 Å². The molecule has 1 amide bonds. The molecule has 2 nitrogen and oxygen atoms in total. The number of carbonyl (C=O) groups excluding carboxylic acids is 1. The zero-order chi connectivity index (χ0) is 18.8. The van der Waals surface area contributed by atoms with Gasteiger partial charge in [0.05, 0.1) is 0 Å². The van der Waals surface area contributed by atoms with Gasteiger partial charge in [-0.2, -0.15) is 11.8 Å². The molecule has 2 aromatic rings. The maximum absolute atomic E-state index is 13.6. The van der Waals surface area contributed by atoms with Gasteiger partial charge in [-0.15, -0.1) is 11.8 Å². The molecule has 0 aromatic heterocycles. The van der Waals surface area contributed by atoms with Gasteiger partial charge in [0.15, 0.2) is 0 Å². The van der Waals surface area contributed by atoms with Crippen LogP contribution in [-0.2, 0) is 10.5 Å². The van der Waals surface area contributed by atoms with Crippen LogP contribution in [-0.4, -0.2) is 24.0 Å². The quantitative estimate of drug-likeness (QED) is 0.366. The standard InChI is InChI=1S/C19H20Cl2FNOS2/c20-14-6-8-15(9-7-14)26-11-2-5-19(24)23-10-12-25-13-16-17(21)3-1-4-18(16)22/h1,3-4,6-9H,2,5,10-13H2,(H,23,24). The first-order valence-corrected chi connectivity index (χ1v) is 11.1. The topological polar surface area (TPSA) is 29.1 Å². The van der Waals surface area contributed by atoms with E-state index in [-0.39, 0.29) is 11.7 Å². The van der Waals surface area contributed by atoms with E-state index in [2.05, 4.69) is 5.32 Å². The monoisotopic (exact) mass is 431 g/mol.